The van der Waals surface area contributed by atoms with Gasteiger partial charge in [0.25, 0.3) is 0 Å². The van der Waals surface area contributed by atoms with Gasteiger partial charge in [-0.05, 0) is 55.3 Å². The van der Waals surface area contributed by atoms with Crippen LogP contribution in [0.15, 0.2) is 65.7 Å². The summed E-state index contributed by atoms with van der Waals surface area (Å²) in [5.74, 6) is -3.23. The minimum absolute atomic E-state index is 0.0411. The molecule has 0 bridgehead atoms. The highest BCUT2D eigenvalue weighted by Gasteiger charge is 2.36. The van der Waals surface area contributed by atoms with Crippen molar-refractivity contribution in [2.24, 2.45) is 5.92 Å². The minimum atomic E-state index is -4.28. The number of para-hydroxylation sites is 1. The van der Waals surface area contributed by atoms with Crippen LogP contribution >= 0.6 is 11.3 Å². The molecule has 192 valence electrons. The number of hydrogen-bond donors (Lipinski definition) is 0. The molecular weight excluding hydrogens is 525 g/mol. The number of hydrogen-bond acceptors (Lipinski definition) is 6. The Morgan fingerprint density at radius 1 is 1.03 bits per heavy atom. The Bertz CT molecular complexity index is 1560. The molecule has 1 aliphatic heterocycles. The van der Waals surface area contributed by atoms with Crippen molar-refractivity contribution in [2.75, 3.05) is 18.0 Å². The zero-order valence-electron chi connectivity index (χ0n) is 19.4. The molecule has 1 fully saturated rings. The molecule has 37 heavy (non-hydrogen) atoms. The van der Waals surface area contributed by atoms with Crippen LogP contribution in [-0.2, 0) is 21.4 Å². The Labute approximate surface area is 215 Å². The van der Waals surface area contributed by atoms with Crippen LogP contribution in [0.25, 0.3) is 10.2 Å². The highest BCUT2D eigenvalue weighted by atomic mass is 32.2. The molecule has 1 aliphatic rings. The molecule has 1 amide bonds. The molecule has 0 radical (unpaired) electrons. The van der Waals surface area contributed by atoms with Gasteiger partial charge in [-0.15, -0.1) is 0 Å². The van der Waals surface area contributed by atoms with Crippen LogP contribution in [0.3, 0.4) is 0 Å². The molecule has 3 heterocycles. The van der Waals surface area contributed by atoms with E-state index in [-0.39, 0.29) is 43.9 Å². The first-order valence-electron chi connectivity index (χ1n) is 11.5. The molecule has 0 spiro atoms. The van der Waals surface area contributed by atoms with Crippen molar-refractivity contribution >= 4 is 42.6 Å². The van der Waals surface area contributed by atoms with Crippen molar-refractivity contribution in [3.8, 4) is 0 Å². The van der Waals surface area contributed by atoms with Gasteiger partial charge in [-0.3, -0.25) is 14.7 Å². The average Bonchev–Trinajstić information content (AvgIpc) is 3.34. The predicted molar refractivity (Wildman–Crippen MR) is 133 cm³/mol. The molecular formula is C25H21F3N4O3S2. The number of thiazole rings is 1. The van der Waals surface area contributed by atoms with E-state index in [1.807, 2.05) is 0 Å². The summed E-state index contributed by atoms with van der Waals surface area (Å²) < 4.78 is 69.6. The zero-order chi connectivity index (χ0) is 26.2. The number of amides is 1. The maximum absolute atomic E-state index is 14.3. The summed E-state index contributed by atoms with van der Waals surface area (Å²) in [6.07, 6.45) is 1.95. The van der Waals surface area contributed by atoms with Gasteiger partial charge in [0.2, 0.25) is 15.9 Å². The fourth-order valence-corrected chi connectivity index (χ4v) is 6.82. The number of rotatable bonds is 6. The van der Waals surface area contributed by atoms with E-state index >= 15 is 0 Å². The summed E-state index contributed by atoms with van der Waals surface area (Å²) in [4.78, 5) is 23.1. The molecule has 0 unspecified atom stereocenters. The van der Waals surface area contributed by atoms with Crippen LogP contribution in [0.5, 0.6) is 0 Å². The van der Waals surface area contributed by atoms with E-state index in [2.05, 4.69) is 9.97 Å². The Kier molecular flexibility index (Phi) is 6.97. The Balaban J connectivity index is 1.38. The molecule has 2 aromatic heterocycles. The molecule has 0 N–H and O–H groups in total. The zero-order valence-corrected chi connectivity index (χ0v) is 21.0. The summed E-state index contributed by atoms with van der Waals surface area (Å²) >= 11 is 1.18. The van der Waals surface area contributed by atoms with Crippen molar-refractivity contribution < 1.29 is 26.4 Å². The normalized spacial score (nSPS) is 15.2. The lowest BCUT2D eigenvalue weighted by Crippen LogP contribution is -2.44. The van der Waals surface area contributed by atoms with Crippen molar-refractivity contribution in [3.63, 3.8) is 0 Å². The number of sulfonamides is 1. The molecule has 5 rings (SSSR count). The number of piperidine rings is 1. The number of anilines is 1. The third kappa shape index (κ3) is 5.09. The quantitative estimate of drug-likeness (QED) is 0.349. The van der Waals surface area contributed by atoms with Crippen molar-refractivity contribution in [1.82, 2.24) is 14.3 Å². The van der Waals surface area contributed by atoms with Gasteiger partial charge in [-0.25, -0.2) is 26.6 Å². The van der Waals surface area contributed by atoms with Crippen LogP contribution in [0.1, 0.15) is 18.5 Å². The maximum atomic E-state index is 14.3. The molecule has 0 aliphatic carbocycles. The van der Waals surface area contributed by atoms with Gasteiger partial charge >= 0.3 is 0 Å². The summed E-state index contributed by atoms with van der Waals surface area (Å²) in [5, 5.41) is 0.313. The van der Waals surface area contributed by atoms with Gasteiger partial charge in [0, 0.05) is 25.2 Å². The Hall–Kier alpha value is -3.35. The van der Waals surface area contributed by atoms with E-state index in [0.717, 1.165) is 16.4 Å². The number of carbonyl (C=O) groups is 1. The fourth-order valence-electron chi connectivity index (χ4n) is 4.29. The molecule has 2 aromatic carbocycles. The fraction of sp³-hybridized carbons (Fsp3) is 0.240. The van der Waals surface area contributed by atoms with Crippen molar-refractivity contribution in [3.05, 3.63) is 83.9 Å². The van der Waals surface area contributed by atoms with Gasteiger partial charge in [0.1, 0.15) is 27.9 Å². The van der Waals surface area contributed by atoms with Crippen molar-refractivity contribution in [1.29, 1.82) is 0 Å². The van der Waals surface area contributed by atoms with E-state index in [9.17, 15) is 26.4 Å². The first-order chi connectivity index (χ1) is 17.7. The minimum Gasteiger partial charge on any atom is -0.282 e. The summed E-state index contributed by atoms with van der Waals surface area (Å²) in [6.45, 7) is 0.0231. The monoisotopic (exact) mass is 546 g/mol. The predicted octanol–water partition coefficient (Wildman–Crippen LogP) is 4.74. The van der Waals surface area contributed by atoms with E-state index in [1.165, 1.54) is 22.3 Å². The molecule has 0 saturated carbocycles. The molecule has 12 heteroatoms. The summed E-state index contributed by atoms with van der Waals surface area (Å²) in [5.41, 5.74) is 0.775. The number of fused-ring (bicyclic) bond motifs is 1. The number of halogens is 3. The lowest BCUT2D eigenvalue weighted by atomic mass is 9.96. The molecule has 4 aromatic rings. The SMILES string of the molecule is O=C(C1CCN(S(=O)(=O)c2cc(F)ccc2F)CC1)N(Cc1ccccn1)c1nc2c(F)cccc2s1. The summed E-state index contributed by atoms with van der Waals surface area (Å²) in [7, 11) is -4.28. The van der Waals surface area contributed by atoms with Crippen LogP contribution in [-0.4, -0.2) is 41.7 Å². The van der Waals surface area contributed by atoms with Crippen molar-refractivity contribution in [2.45, 2.75) is 24.3 Å². The van der Waals surface area contributed by atoms with E-state index in [0.29, 0.717) is 21.6 Å². The number of carbonyl (C=O) groups excluding carboxylic acids is 1. The van der Waals surface area contributed by atoms with Crippen LogP contribution in [0.2, 0.25) is 0 Å². The Morgan fingerprint density at radius 3 is 2.51 bits per heavy atom. The van der Waals surface area contributed by atoms with Crippen LogP contribution in [0, 0.1) is 23.4 Å². The van der Waals surface area contributed by atoms with Gasteiger partial charge in [0.15, 0.2) is 5.13 Å². The highest BCUT2D eigenvalue weighted by Crippen LogP contribution is 2.34. The standard InChI is InChI=1S/C25H21F3N4O3S2/c26-17-7-8-19(27)22(14-17)37(34,35)31-12-9-16(10-13-31)24(33)32(15-18-4-1-2-11-29-18)25-30-23-20(28)5-3-6-21(23)36-25/h1-8,11,14,16H,9-10,12-13,15H2. The van der Waals surface area contributed by atoms with Crippen LogP contribution in [0.4, 0.5) is 18.3 Å². The lowest BCUT2D eigenvalue weighted by Gasteiger charge is -2.33. The second-order valence-electron chi connectivity index (χ2n) is 8.58. The number of nitrogens with zero attached hydrogens (tertiary/aromatic N) is 4. The van der Waals surface area contributed by atoms with E-state index in [4.69, 9.17) is 0 Å². The van der Waals surface area contributed by atoms with E-state index in [1.54, 1.807) is 36.5 Å². The summed E-state index contributed by atoms with van der Waals surface area (Å²) in [6, 6.07) is 12.2. The average molecular weight is 547 g/mol. The lowest BCUT2D eigenvalue weighted by molar-refractivity contribution is -0.123. The van der Waals surface area contributed by atoms with Gasteiger partial charge < -0.3 is 0 Å². The topological polar surface area (TPSA) is 83.5 Å². The number of aromatic nitrogens is 2. The van der Waals surface area contributed by atoms with Gasteiger partial charge in [-0.1, -0.05) is 23.5 Å². The first kappa shape index (κ1) is 25.3. The number of pyridine rings is 1. The van der Waals surface area contributed by atoms with E-state index < -0.39 is 38.3 Å². The largest absolute Gasteiger partial charge is 0.282 e. The first-order valence-corrected chi connectivity index (χ1v) is 13.7. The third-order valence-corrected chi connectivity index (χ3v) is 9.17. The highest BCUT2D eigenvalue weighted by molar-refractivity contribution is 7.89. The molecule has 0 atom stereocenters. The second kappa shape index (κ2) is 10.2. The maximum Gasteiger partial charge on any atom is 0.246 e. The van der Waals surface area contributed by atoms with Crippen LogP contribution < -0.4 is 4.90 Å². The second-order valence-corrected chi connectivity index (χ2v) is 11.5. The van der Waals surface area contributed by atoms with Gasteiger partial charge in [0.05, 0.1) is 16.9 Å². The molecule has 7 nitrogen and oxygen atoms in total. The van der Waals surface area contributed by atoms with Gasteiger partial charge in [-0.2, -0.15) is 4.31 Å². The molecule has 1 saturated heterocycles. The Morgan fingerprint density at radius 2 is 1.81 bits per heavy atom. The number of benzene rings is 2. The smallest absolute Gasteiger partial charge is 0.246 e. The third-order valence-electron chi connectivity index (χ3n) is 6.22.